The molecule has 2 aliphatic heterocycles. The van der Waals surface area contributed by atoms with Gasteiger partial charge >= 0.3 is 5.97 Å². The number of carbonyl (C=O) groups is 3. The molecule has 3 heterocycles. The molecule has 8 nitrogen and oxygen atoms in total. The van der Waals surface area contributed by atoms with Crippen molar-refractivity contribution in [3.05, 3.63) is 84.1 Å². The number of imide groups is 1. The van der Waals surface area contributed by atoms with Crippen molar-refractivity contribution in [1.82, 2.24) is 5.32 Å². The van der Waals surface area contributed by atoms with Gasteiger partial charge in [0.25, 0.3) is 0 Å². The number of hydrogen-bond donors (Lipinski definition) is 2. The van der Waals surface area contributed by atoms with Crippen LogP contribution in [0.3, 0.4) is 0 Å². The van der Waals surface area contributed by atoms with Crippen molar-refractivity contribution in [2.24, 2.45) is 11.8 Å². The number of rotatable bonds is 6. The first-order chi connectivity index (χ1) is 16.9. The molecular weight excluding hydrogens is 455 g/mol. The zero-order chi connectivity index (χ0) is 24.7. The monoisotopic (exact) mass is 478 g/mol. The van der Waals surface area contributed by atoms with E-state index in [0.717, 1.165) is 4.90 Å². The highest BCUT2D eigenvalue weighted by molar-refractivity contribution is 6.24. The highest BCUT2D eigenvalue weighted by atomic mass is 19.1. The predicted molar refractivity (Wildman–Crippen MR) is 122 cm³/mol. The molecule has 1 aromatic heterocycles. The molecule has 0 radical (unpaired) electrons. The standard InChI is InChI=1S/C26H23FN2O6/c1-2-34-25(33)26(14-15-9-11-16(30)12-10-15)21-20(22(28-26)19-8-5-13-35-19)23(31)29(24(21)32)18-7-4-3-6-17(18)27/h3-13,20-22,28,30H,2,14H2,1H3/t20-,21+,22-,26+/m0/s1. The Bertz CT molecular complexity index is 1280. The number of anilines is 1. The van der Waals surface area contributed by atoms with Gasteiger partial charge in [0.15, 0.2) is 0 Å². The number of aromatic hydroxyl groups is 1. The molecule has 0 spiro atoms. The number of benzene rings is 2. The maximum Gasteiger partial charge on any atom is 0.327 e. The predicted octanol–water partition coefficient (Wildman–Crippen LogP) is 3.12. The number of phenolic OH excluding ortho intramolecular Hbond substituents is 1. The Balaban J connectivity index is 1.67. The van der Waals surface area contributed by atoms with Crippen molar-refractivity contribution in [3.63, 3.8) is 0 Å². The van der Waals surface area contributed by atoms with Crippen LogP contribution in [0.2, 0.25) is 0 Å². The van der Waals surface area contributed by atoms with Gasteiger partial charge in [-0.3, -0.25) is 19.7 Å². The van der Waals surface area contributed by atoms with Crippen LogP contribution < -0.4 is 10.2 Å². The first kappa shape index (κ1) is 22.8. The number of fused-ring (bicyclic) bond motifs is 1. The molecule has 180 valence electrons. The van der Waals surface area contributed by atoms with Crippen LogP contribution in [0.5, 0.6) is 5.75 Å². The van der Waals surface area contributed by atoms with E-state index in [1.807, 2.05) is 0 Å². The molecular formula is C26H23FN2O6. The van der Waals surface area contributed by atoms with Gasteiger partial charge in [-0.15, -0.1) is 0 Å². The minimum absolute atomic E-state index is 0.00534. The fraction of sp³-hybridized carbons (Fsp3) is 0.269. The Morgan fingerprint density at radius 2 is 1.86 bits per heavy atom. The number of nitrogens with zero attached hydrogens (tertiary/aromatic N) is 1. The number of amides is 2. The highest BCUT2D eigenvalue weighted by Gasteiger charge is 2.69. The first-order valence-corrected chi connectivity index (χ1v) is 11.3. The van der Waals surface area contributed by atoms with E-state index in [1.165, 1.54) is 42.7 Å². The molecule has 4 atom stereocenters. The van der Waals surface area contributed by atoms with Gasteiger partial charge in [-0.05, 0) is 48.9 Å². The van der Waals surface area contributed by atoms with E-state index in [0.29, 0.717) is 11.3 Å². The minimum Gasteiger partial charge on any atom is -0.508 e. The van der Waals surface area contributed by atoms with Gasteiger partial charge in [0.1, 0.15) is 22.9 Å². The molecule has 2 aliphatic rings. The third-order valence-electron chi connectivity index (χ3n) is 6.66. The summed E-state index contributed by atoms with van der Waals surface area (Å²) in [6, 6.07) is 14.2. The summed E-state index contributed by atoms with van der Waals surface area (Å²) in [5.74, 6) is -4.55. The van der Waals surface area contributed by atoms with Gasteiger partial charge in [-0.25, -0.2) is 9.29 Å². The lowest BCUT2D eigenvalue weighted by atomic mass is 9.76. The van der Waals surface area contributed by atoms with Gasteiger partial charge in [-0.1, -0.05) is 24.3 Å². The van der Waals surface area contributed by atoms with E-state index in [4.69, 9.17) is 9.15 Å². The van der Waals surface area contributed by atoms with Gasteiger partial charge in [-0.2, -0.15) is 0 Å². The minimum atomic E-state index is -1.64. The first-order valence-electron chi connectivity index (χ1n) is 11.3. The second kappa shape index (κ2) is 8.66. The second-order valence-electron chi connectivity index (χ2n) is 8.64. The van der Waals surface area contributed by atoms with Crippen LogP contribution in [-0.4, -0.2) is 35.0 Å². The van der Waals surface area contributed by atoms with E-state index in [2.05, 4.69) is 5.32 Å². The van der Waals surface area contributed by atoms with Crippen LogP contribution in [-0.2, 0) is 25.5 Å². The molecule has 0 unspecified atom stereocenters. The zero-order valence-electron chi connectivity index (χ0n) is 18.8. The summed E-state index contributed by atoms with van der Waals surface area (Å²) in [7, 11) is 0. The largest absolute Gasteiger partial charge is 0.508 e. The Morgan fingerprint density at radius 3 is 2.51 bits per heavy atom. The maximum atomic E-state index is 14.7. The van der Waals surface area contributed by atoms with Gasteiger partial charge < -0.3 is 14.3 Å². The third kappa shape index (κ3) is 3.59. The van der Waals surface area contributed by atoms with Crippen molar-refractivity contribution in [1.29, 1.82) is 0 Å². The number of furan rings is 1. The van der Waals surface area contributed by atoms with Crippen molar-refractivity contribution in [3.8, 4) is 5.75 Å². The third-order valence-corrected chi connectivity index (χ3v) is 6.66. The number of nitrogens with one attached hydrogen (secondary N) is 1. The summed E-state index contributed by atoms with van der Waals surface area (Å²) in [5.41, 5.74) is -1.17. The topological polar surface area (TPSA) is 109 Å². The highest BCUT2D eigenvalue weighted by Crippen LogP contribution is 2.51. The maximum absolute atomic E-state index is 14.7. The van der Waals surface area contributed by atoms with Gasteiger partial charge in [0.2, 0.25) is 11.8 Å². The van der Waals surface area contributed by atoms with Crippen LogP contribution in [0.4, 0.5) is 10.1 Å². The van der Waals surface area contributed by atoms with Crippen LogP contribution in [0.25, 0.3) is 0 Å². The lowest BCUT2D eigenvalue weighted by molar-refractivity contribution is -0.154. The van der Waals surface area contributed by atoms with Crippen LogP contribution in [0.1, 0.15) is 24.3 Å². The molecule has 5 rings (SSSR count). The lowest BCUT2D eigenvalue weighted by Gasteiger charge is -2.33. The summed E-state index contributed by atoms with van der Waals surface area (Å²) in [6.45, 7) is 1.70. The van der Waals surface area contributed by atoms with Crippen LogP contribution >= 0.6 is 0 Å². The van der Waals surface area contributed by atoms with Crippen LogP contribution in [0, 0.1) is 17.7 Å². The molecule has 9 heteroatoms. The van der Waals surface area contributed by atoms with Crippen LogP contribution in [0.15, 0.2) is 71.3 Å². The molecule has 0 bridgehead atoms. The molecule has 35 heavy (non-hydrogen) atoms. The van der Waals surface area contributed by atoms with Crippen molar-refractivity contribution >= 4 is 23.5 Å². The lowest BCUT2D eigenvalue weighted by Crippen LogP contribution is -2.58. The van der Waals surface area contributed by atoms with E-state index in [1.54, 1.807) is 31.2 Å². The molecule has 2 amide bonds. The molecule has 2 N–H and O–H groups in total. The molecule has 0 aliphatic carbocycles. The molecule has 2 aromatic carbocycles. The Hall–Kier alpha value is -3.98. The molecule has 2 fully saturated rings. The second-order valence-corrected chi connectivity index (χ2v) is 8.64. The summed E-state index contributed by atoms with van der Waals surface area (Å²) in [6.07, 6.45) is 1.43. The summed E-state index contributed by atoms with van der Waals surface area (Å²) in [4.78, 5) is 41.9. The molecule has 0 saturated carbocycles. The summed E-state index contributed by atoms with van der Waals surface area (Å²) < 4.78 is 25.7. The van der Waals surface area contributed by atoms with Crippen molar-refractivity contribution < 1.29 is 33.0 Å². The Labute approximate surface area is 200 Å². The Kier molecular flexibility index (Phi) is 5.64. The fourth-order valence-electron chi connectivity index (χ4n) is 5.20. The number of halogens is 1. The van der Waals surface area contributed by atoms with Crippen molar-refractivity contribution in [2.45, 2.75) is 24.9 Å². The SMILES string of the molecule is CCOC(=O)[C@]1(Cc2ccc(O)cc2)N[C@@H](c2ccco2)[C@H]2C(=O)N(c3ccccc3F)C(=O)[C@@H]21. The summed E-state index contributed by atoms with van der Waals surface area (Å²) >= 11 is 0. The number of carbonyl (C=O) groups excluding carboxylic acids is 3. The van der Waals surface area contributed by atoms with E-state index in [9.17, 15) is 23.9 Å². The zero-order valence-corrected chi connectivity index (χ0v) is 18.8. The average molecular weight is 478 g/mol. The average Bonchev–Trinajstić information content (AvgIpc) is 3.54. The summed E-state index contributed by atoms with van der Waals surface area (Å²) in [5, 5.41) is 12.9. The van der Waals surface area contributed by atoms with E-state index < -0.39 is 47.0 Å². The van der Waals surface area contributed by atoms with Gasteiger partial charge in [0, 0.05) is 6.42 Å². The number of para-hydroxylation sites is 1. The van der Waals surface area contributed by atoms with E-state index in [-0.39, 0.29) is 24.5 Å². The quantitative estimate of drug-likeness (QED) is 0.414. The number of phenols is 1. The Morgan fingerprint density at radius 1 is 1.11 bits per heavy atom. The smallest absolute Gasteiger partial charge is 0.327 e. The number of hydrogen-bond acceptors (Lipinski definition) is 7. The van der Waals surface area contributed by atoms with Gasteiger partial charge in [0.05, 0.1) is 36.4 Å². The molecule has 2 saturated heterocycles. The normalized spacial score (nSPS) is 25.7. The van der Waals surface area contributed by atoms with Crippen molar-refractivity contribution in [2.75, 3.05) is 11.5 Å². The number of ether oxygens (including phenoxy) is 1. The fourth-order valence-corrected chi connectivity index (χ4v) is 5.20. The number of esters is 1. The molecule has 3 aromatic rings. The van der Waals surface area contributed by atoms with E-state index >= 15 is 0 Å².